The summed E-state index contributed by atoms with van der Waals surface area (Å²) in [5.74, 6) is 0.0783. The molecule has 6 fully saturated rings. The van der Waals surface area contributed by atoms with Crippen LogP contribution in [0.5, 0.6) is 0 Å². The van der Waals surface area contributed by atoms with Gasteiger partial charge in [0.1, 0.15) is 37.1 Å². The maximum Gasteiger partial charge on any atom is 0.331 e. The lowest BCUT2D eigenvalue weighted by molar-refractivity contribution is -0.347. The molecule has 2 saturated heterocycles. The van der Waals surface area contributed by atoms with E-state index in [1.807, 2.05) is 0 Å². The predicted octanol–water partition coefficient (Wildman–Crippen LogP) is 1.08. The highest BCUT2D eigenvalue weighted by molar-refractivity contribution is 5.85. The van der Waals surface area contributed by atoms with Crippen LogP contribution in [-0.4, -0.2) is 130 Å². The summed E-state index contributed by atoms with van der Waals surface area (Å²) in [6.07, 6.45) is -1.10. The summed E-state index contributed by atoms with van der Waals surface area (Å²) in [5.41, 5.74) is -1.52. The molecule has 7 rings (SSSR count). The standard InChI is InChI=1S/C36H56O13/c1-18-31(49-32-30(41)29(40)28(39)25(16-37)48-32)24(44-4)14-27(46-18)47-20-5-9-33(2)22-6-10-34(3)21(19-13-26(38)45-17-19)8-12-36(34,43)23(22)7-11-35(33,42)15-20/h13,18,20-25,27-32,37,39-43H,5-12,14-17H2,1-4H3/t18-,20+,21?,22?,23?,24+,25-,27+,28-,29-,30-,31-,32+,33-,34-,35+,36+/m1/s1. The van der Waals surface area contributed by atoms with Gasteiger partial charge in [0, 0.05) is 31.4 Å². The van der Waals surface area contributed by atoms with Gasteiger partial charge in [-0.25, -0.2) is 4.79 Å². The zero-order valence-corrected chi connectivity index (χ0v) is 29.1. The Morgan fingerprint density at radius 2 is 1.63 bits per heavy atom. The second-order valence-corrected chi connectivity index (χ2v) is 16.6. The van der Waals surface area contributed by atoms with Crippen LogP contribution in [0.1, 0.15) is 85.0 Å². The summed E-state index contributed by atoms with van der Waals surface area (Å²) in [6.45, 7) is 5.98. The van der Waals surface area contributed by atoms with Crippen LogP contribution in [0.2, 0.25) is 0 Å². The Kier molecular flexibility index (Phi) is 9.60. The fourth-order valence-corrected chi connectivity index (χ4v) is 11.5. The number of hydrogen-bond acceptors (Lipinski definition) is 13. The number of carbonyl (C=O) groups is 1. The van der Waals surface area contributed by atoms with Gasteiger partial charge in [0.25, 0.3) is 0 Å². The fraction of sp³-hybridized carbons (Fsp3) is 0.917. The minimum absolute atomic E-state index is 0.0724. The number of aliphatic hydroxyl groups is 6. The maximum absolute atomic E-state index is 12.5. The molecule has 13 nitrogen and oxygen atoms in total. The van der Waals surface area contributed by atoms with Crippen molar-refractivity contribution in [1.82, 2.24) is 0 Å². The molecule has 3 aliphatic heterocycles. The topological polar surface area (TPSA) is 194 Å². The van der Waals surface area contributed by atoms with Crippen molar-refractivity contribution in [3.8, 4) is 0 Å². The average Bonchev–Trinajstić information content (AvgIpc) is 3.61. The average molecular weight is 697 g/mol. The first-order valence-corrected chi connectivity index (χ1v) is 18.3. The van der Waals surface area contributed by atoms with Gasteiger partial charge in [0.2, 0.25) is 0 Å². The lowest BCUT2D eigenvalue weighted by atomic mass is 9.42. The van der Waals surface area contributed by atoms with E-state index in [-0.39, 0.29) is 40.7 Å². The second kappa shape index (κ2) is 13.0. The number of esters is 1. The first-order valence-electron chi connectivity index (χ1n) is 18.3. The lowest BCUT2D eigenvalue weighted by Crippen LogP contribution is -2.67. The van der Waals surface area contributed by atoms with Gasteiger partial charge < -0.3 is 59.1 Å². The highest BCUT2D eigenvalue weighted by Gasteiger charge is 2.70. The van der Waals surface area contributed by atoms with Crippen molar-refractivity contribution in [2.45, 2.75) is 158 Å². The quantitative estimate of drug-likeness (QED) is 0.164. The molecule has 0 amide bonds. The van der Waals surface area contributed by atoms with Crippen LogP contribution in [0.4, 0.5) is 0 Å². The fourth-order valence-electron chi connectivity index (χ4n) is 11.5. The number of aliphatic hydroxyl groups excluding tert-OH is 4. The molecule has 0 aromatic heterocycles. The first-order chi connectivity index (χ1) is 23.2. The van der Waals surface area contributed by atoms with Crippen LogP contribution in [0.3, 0.4) is 0 Å². The third-order valence-corrected chi connectivity index (χ3v) is 14.5. The van der Waals surface area contributed by atoms with E-state index < -0.39 is 73.1 Å². The van der Waals surface area contributed by atoms with Gasteiger partial charge in [0.05, 0.1) is 36.1 Å². The minimum atomic E-state index is -1.56. The Bertz CT molecular complexity index is 1280. The van der Waals surface area contributed by atoms with E-state index in [4.69, 9.17) is 28.4 Å². The predicted molar refractivity (Wildman–Crippen MR) is 170 cm³/mol. The number of methoxy groups -OCH3 is 1. The Balaban J connectivity index is 0.994. The van der Waals surface area contributed by atoms with E-state index in [9.17, 15) is 35.4 Å². The SMILES string of the molecule is CO[C@H]1C[C@H](O[C@H]2CC[C@]3(C)C4CC[C@]5(C)C(C6=CC(=O)OC6)CC[C@]5(O)C4CC[C@]3(O)C2)O[C@H](C)[C@H]1O[C@@H]1O[C@H](CO)[C@@H](O)[C@@H](O)[C@H]1O. The van der Waals surface area contributed by atoms with Gasteiger partial charge in [-0.15, -0.1) is 0 Å². The van der Waals surface area contributed by atoms with E-state index >= 15 is 0 Å². The largest absolute Gasteiger partial charge is 0.458 e. The smallest absolute Gasteiger partial charge is 0.331 e. The molecule has 13 heteroatoms. The van der Waals surface area contributed by atoms with E-state index in [0.717, 1.165) is 44.1 Å². The first kappa shape index (κ1) is 36.1. The van der Waals surface area contributed by atoms with Crippen molar-refractivity contribution in [1.29, 1.82) is 0 Å². The Morgan fingerprint density at radius 1 is 0.898 bits per heavy atom. The molecule has 49 heavy (non-hydrogen) atoms. The molecule has 0 spiro atoms. The summed E-state index contributed by atoms with van der Waals surface area (Å²) in [5, 5.41) is 65.4. The Labute approximate surface area is 287 Å². The van der Waals surface area contributed by atoms with Crippen molar-refractivity contribution < 1.29 is 63.9 Å². The number of ether oxygens (including phenoxy) is 6. The Hall–Kier alpha value is -1.23. The van der Waals surface area contributed by atoms with Crippen LogP contribution in [-0.2, 0) is 33.2 Å². The highest BCUT2D eigenvalue weighted by atomic mass is 16.7. The molecular weight excluding hydrogens is 640 g/mol. The molecule has 278 valence electrons. The molecule has 17 atom stereocenters. The van der Waals surface area contributed by atoms with Crippen molar-refractivity contribution in [2.24, 2.45) is 28.6 Å². The van der Waals surface area contributed by atoms with Gasteiger partial charge in [-0.1, -0.05) is 13.8 Å². The number of cyclic esters (lactones) is 1. The lowest BCUT2D eigenvalue weighted by Gasteiger charge is -2.66. The van der Waals surface area contributed by atoms with Crippen molar-refractivity contribution >= 4 is 5.97 Å². The highest BCUT2D eigenvalue weighted by Crippen LogP contribution is 2.70. The molecular formula is C36H56O13. The molecule has 0 radical (unpaired) electrons. The Morgan fingerprint density at radius 3 is 2.33 bits per heavy atom. The monoisotopic (exact) mass is 696 g/mol. The number of fused-ring (bicyclic) bond motifs is 5. The zero-order chi connectivity index (χ0) is 35.1. The van der Waals surface area contributed by atoms with E-state index in [1.54, 1.807) is 20.1 Å². The zero-order valence-electron chi connectivity index (χ0n) is 29.1. The number of rotatable bonds is 7. The molecule has 4 saturated carbocycles. The summed E-state index contributed by atoms with van der Waals surface area (Å²) in [4.78, 5) is 11.9. The summed E-state index contributed by atoms with van der Waals surface area (Å²) < 4.78 is 35.4. The summed E-state index contributed by atoms with van der Waals surface area (Å²) >= 11 is 0. The number of hydrogen-bond donors (Lipinski definition) is 6. The van der Waals surface area contributed by atoms with Gasteiger partial charge in [-0.2, -0.15) is 0 Å². The third kappa shape index (κ3) is 5.65. The summed E-state index contributed by atoms with van der Waals surface area (Å²) in [7, 11) is 1.55. The van der Waals surface area contributed by atoms with Gasteiger partial charge in [-0.3, -0.25) is 0 Å². The molecule has 3 heterocycles. The molecule has 0 aromatic rings. The second-order valence-electron chi connectivity index (χ2n) is 16.6. The molecule has 7 aliphatic rings. The molecule has 4 aliphatic carbocycles. The van der Waals surface area contributed by atoms with Gasteiger partial charge >= 0.3 is 5.97 Å². The van der Waals surface area contributed by atoms with Crippen LogP contribution in [0, 0.1) is 28.6 Å². The van der Waals surface area contributed by atoms with Crippen LogP contribution >= 0.6 is 0 Å². The van der Waals surface area contributed by atoms with E-state index in [0.29, 0.717) is 32.3 Å². The van der Waals surface area contributed by atoms with E-state index in [1.165, 1.54) is 0 Å². The van der Waals surface area contributed by atoms with Crippen molar-refractivity contribution in [3.63, 3.8) is 0 Å². The van der Waals surface area contributed by atoms with Crippen LogP contribution in [0.25, 0.3) is 0 Å². The molecule has 0 aromatic carbocycles. The van der Waals surface area contributed by atoms with Gasteiger partial charge in [-0.05, 0) is 87.0 Å². The van der Waals surface area contributed by atoms with Crippen LogP contribution in [0.15, 0.2) is 11.6 Å². The van der Waals surface area contributed by atoms with E-state index in [2.05, 4.69) is 13.8 Å². The molecule has 6 N–H and O–H groups in total. The number of carbonyl (C=O) groups excluding carboxylic acids is 1. The third-order valence-electron chi connectivity index (χ3n) is 14.5. The van der Waals surface area contributed by atoms with Crippen LogP contribution < -0.4 is 0 Å². The van der Waals surface area contributed by atoms with Crippen molar-refractivity contribution in [3.05, 3.63) is 11.6 Å². The molecule has 3 unspecified atom stereocenters. The molecule has 0 bridgehead atoms. The maximum atomic E-state index is 12.5. The van der Waals surface area contributed by atoms with Gasteiger partial charge in [0.15, 0.2) is 12.6 Å². The summed E-state index contributed by atoms with van der Waals surface area (Å²) in [6, 6.07) is 0. The minimum Gasteiger partial charge on any atom is -0.458 e. The van der Waals surface area contributed by atoms with Crippen molar-refractivity contribution in [2.75, 3.05) is 20.3 Å². The normalized spacial score (nSPS) is 54.4.